The van der Waals surface area contributed by atoms with Crippen LogP contribution in [0.15, 0.2) is 0 Å². The summed E-state index contributed by atoms with van der Waals surface area (Å²) < 4.78 is 10.4. The van der Waals surface area contributed by atoms with Crippen molar-refractivity contribution in [3.63, 3.8) is 0 Å². The van der Waals surface area contributed by atoms with Crippen LogP contribution in [-0.4, -0.2) is 30.8 Å². The maximum absolute atomic E-state index is 11.2. The number of ether oxygens (including phenoxy) is 2. The Morgan fingerprint density at radius 1 is 1.40 bits per heavy atom. The van der Waals surface area contributed by atoms with Gasteiger partial charge in [-0.2, -0.15) is 0 Å². The van der Waals surface area contributed by atoms with E-state index in [4.69, 9.17) is 10.5 Å². The first-order valence-corrected chi connectivity index (χ1v) is 5.50. The largest absolute Gasteiger partial charge is 0.468 e. The van der Waals surface area contributed by atoms with Gasteiger partial charge in [0.1, 0.15) is 6.04 Å². The summed E-state index contributed by atoms with van der Waals surface area (Å²) >= 11 is 0. The summed E-state index contributed by atoms with van der Waals surface area (Å²) in [5, 5.41) is 0. The lowest BCUT2D eigenvalue weighted by Crippen LogP contribution is -2.46. The van der Waals surface area contributed by atoms with Crippen molar-refractivity contribution in [3.8, 4) is 0 Å². The number of methoxy groups -OCH3 is 1. The number of nitrogens with two attached hydrogens (primary N) is 1. The smallest absolute Gasteiger partial charge is 0.325 e. The molecule has 4 nitrogen and oxygen atoms in total. The topological polar surface area (TPSA) is 61.5 Å². The fourth-order valence-corrected chi connectivity index (χ4v) is 2.09. The molecular weight excluding hydrogens is 194 g/mol. The molecule has 15 heavy (non-hydrogen) atoms. The molecule has 0 saturated heterocycles. The van der Waals surface area contributed by atoms with Crippen LogP contribution < -0.4 is 5.73 Å². The molecule has 2 N–H and O–H groups in total. The Kier molecular flexibility index (Phi) is 4.11. The lowest BCUT2D eigenvalue weighted by Gasteiger charge is -2.30. The number of carbonyl (C=O) groups excluding carboxylic acids is 1. The van der Waals surface area contributed by atoms with Crippen molar-refractivity contribution in [1.82, 2.24) is 0 Å². The van der Waals surface area contributed by atoms with Crippen LogP contribution in [0.25, 0.3) is 0 Å². The molecule has 1 rings (SSSR count). The highest BCUT2D eigenvalue weighted by atomic mass is 16.5. The fraction of sp³-hybridized carbons (Fsp3) is 0.909. The van der Waals surface area contributed by atoms with Gasteiger partial charge in [0.05, 0.1) is 18.8 Å². The zero-order valence-corrected chi connectivity index (χ0v) is 9.79. The molecule has 0 aromatic carbocycles. The standard InChI is InChI=1S/C11H21NO3/c1-8(9(12)10(13)14-3)15-11(2)6-4-5-7-11/h8-9H,4-7,12H2,1-3H3/t8?,9-/m0/s1. The number of hydrogen-bond donors (Lipinski definition) is 1. The maximum Gasteiger partial charge on any atom is 0.325 e. The summed E-state index contributed by atoms with van der Waals surface area (Å²) in [6.07, 6.45) is 4.18. The Bertz CT molecular complexity index is 224. The molecule has 1 aliphatic rings. The summed E-state index contributed by atoms with van der Waals surface area (Å²) in [5.41, 5.74) is 5.60. The van der Waals surface area contributed by atoms with Crippen molar-refractivity contribution in [2.75, 3.05) is 7.11 Å². The van der Waals surface area contributed by atoms with Gasteiger partial charge < -0.3 is 15.2 Å². The normalized spacial score (nSPS) is 23.5. The van der Waals surface area contributed by atoms with Crippen molar-refractivity contribution in [2.24, 2.45) is 5.73 Å². The minimum atomic E-state index is -0.688. The van der Waals surface area contributed by atoms with Gasteiger partial charge in [-0.25, -0.2) is 0 Å². The number of esters is 1. The van der Waals surface area contributed by atoms with Gasteiger partial charge in [-0.3, -0.25) is 4.79 Å². The first-order valence-electron chi connectivity index (χ1n) is 5.50. The third-order valence-corrected chi connectivity index (χ3v) is 3.11. The molecule has 1 fully saturated rings. The van der Waals surface area contributed by atoms with Crippen molar-refractivity contribution in [3.05, 3.63) is 0 Å². The molecule has 0 spiro atoms. The minimum Gasteiger partial charge on any atom is -0.468 e. The van der Waals surface area contributed by atoms with Gasteiger partial charge in [-0.15, -0.1) is 0 Å². The van der Waals surface area contributed by atoms with Crippen molar-refractivity contribution in [1.29, 1.82) is 0 Å². The number of rotatable bonds is 4. The highest BCUT2D eigenvalue weighted by Gasteiger charge is 2.34. The quantitative estimate of drug-likeness (QED) is 0.716. The molecule has 2 atom stereocenters. The van der Waals surface area contributed by atoms with Crippen LogP contribution in [0.2, 0.25) is 0 Å². The molecule has 0 bridgehead atoms. The zero-order valence-electron chi connectivity index (χ0n) is 9.79. The van der Waals surface area contributed by atoms with E-state index in [2.05, 4.69) is 11.7 Å². The summed E-state index contributed by atoms with van der Waals surface area (Å²) in [5.74, 6) is -0.413. The Labute approximate surface area is 91.1 Å². The summed E-state index contributed by atoms with van der Waals surface area (Å²) in [6.45, 7) is 3.91. The average molecular weight is 215 g/mol. The third-order valence-electron chi connectivity index (χ3n) is 3.11. The van der Waals surface area contributed by atoms with E-state index in [1.165, 1.54) is 20.0 Å². The molecule has 0 aliphatic heterocycles. The Morgan fingerprint density at radius 3 is 2.40 bits per heavy atom. The second-order valence-electron chi connectivity index (χ2n) is 4.53. The Morgan fingerprint density at radius 2 is 1.93 bits per heavy atom. The van der Waals surface area contributed by atoms with Crippen LogP contribution in [0, 0.1) is 0 Å². The predicted molar refractivity (Wildman–Crippen MR) is 57.4 cm³/mol. The number of hydrogen-bond acceptors (Lipinski definition) is 4. The highest BCUT2D eigenvalue weighted by Crippen LogP contribution is 2.33. The molecule has 1 aliphatic carbocycles. The van der Waals surface area contributed by atoms with Gasteiger partial charge in [0, 0.05) is 0 Å². The van der Waals surface area contributed by atoms with Gasteiger partial charge in [-0.05, 0) is 26.7 Å². The first-order chi connectivity index (χ1) is 6.98. The minimum absolute atomic E-state index is 0.106. The van der Waals surface area contributed by atoms with Crippen LogP contribution in [0.4, 0.5) is 0 Å². The molecule has 0 aromatic heterocycles. The summed E-state index contributed by atoms with van der Waals surface area (Å²) in [4.78, 5) is 11.2. The van der Waals surface area contributed by atoms with Gasteiger partial charge in [0.15, 0.2) is 0 Å². The van der Waals surface area contributed by atoms with Gasteiger partial charge in [-0.1, -0.05) is 12.8 Å². The van der Waals surface area contributed by atoms with Crippen molar-refractivity contribution in [2.45, 2.75) is 57.3 Å². The SMILES string of the molecule is COC(=O)[C@@H](N)C(C)OC1(C)CCCC1. The molecule has 0 aromatic rings. The van der Waals surface area contributed by atoms with Crippen molar-refractivity contribution < 1.29 is 14.3 Å². The Hall–Kier alpha value is -0.610. The number of carbonyl (C=O) groups is 1. The molecule has 1 unspecified atom stereocenters. The summed E-state index contributed by atoms with van der Waals surface area (Å²) in [7, 11) is 1.34. The van der Waals surface area contributed by atoms with E-state index < -0.39 is 12.0 Å². The predicted octanol–water partition coefficient (Wildman–Crippen LogP) is 1.22. The molecule has 0 amide bonds. The monoisotopic (exact) mass is 215 g/mol. The summed E-state index contributed by atoms with van der Waals surface area (Å²) in [6, 6.07) is -0.688. The molecule has 0 heterocycles. The van der Waals surface area contributed by atoms with Crippen LogP contribution in [0.1, 0.15) is 39.5 Å². The van der Waals surface area contributed by atoms with Gasteiger partial charge in [0.25, 0.3) is 0 Å². The zero-order chi connectivity index (χ0) is 11.5. The van der Waals surface area contributed by atoms with Crippen LogP contribution in [0.5, 0.6) is 0 Å². The van der Waals surface area contributed by atoms with Crippen LogP contribution in [-0.2, 0) is 14.3 Å². The molecular formula is C11H21NO3. The van der Waals surface area contributed by atoms with Gasteiger partial charge in [0.2, 0.25) is 0 Å². The molecule has 0 radical (unpaired) electrons. The van der Waals surface area contributed by atoms with E-state index >= 15 is 0 Å². The average Bonchev–Trinajstić information content (AvgIpc) is 2.62. The lowest BCUT2D eigenvalue weighted by atomic mass is 10.0. The van der Waals surface area contributed by atoms with E-state index in [-0.39, 0.29) is 11.7 Å². The molecule has 88 valence electrons. The van der Waals surface area contributed by atoms with E-state index in [1.807, 2.05) is 6.92 Å². The first kappa shape index (κ1) is 12.5. The van der Waals surface area contributed by atoms with E-state index in [0.717, 1.165) is 12.8 Å². The molecule has 1 saturated carbocycles. The maximum atomic E-state index is 11.2. The molecule has 4 heteroatoms. The van der Waals surface area contributed by atoms with E-state index in [1.54, 1.807) is 0 Å². The van der Waals surface area contributed by atoms with Crippen LogP contribution in [0.3, 0.4) is 0 Å². The van der Waals surface area contributed by atoms with E-state index in [9.17, 15) is 4.79 Å². The van der Waals surface area contributed by atoms with Crippen LogP contribution >= 0.6 is 0 Å². The third kappa shape index (κ3) is 3.18. The lowest BCUT2D eigenvalue weighted by molar-refractivity contribution is -0.150. The van der Waals surface area contributed by atoms with E-state index in [0.29, 0.717) is 0 Å². The van der Waals surface area contributed by atoms with Crippen molar-refractivity contribution >= 4 is 5.97 Å². The van der Waals surface area contributed by atoms with Gasteiger partial charge >= 0.3 is 5.97 Å². The second kappa shape index (κ2) is 4.94. The highest BCUT2D eigenvalue weighted by molar-refractivity contribution is 5.76. The fourth-order valence-electron chi connectivity index (χ4n) is 2.09. The second-order valence-corrected chi connectivity index (χ2v) is 4.53. The Balaban J connectivity index is 2.47.